The fourth-order valence-electron chi connectivity index (χ4n) is 2.05. The van der Waals surface area contributed by atoms with E-state index >= 15 is 0 Å². The molecule has 0 heterocycles. The van der Waals surface area contributed by atoms with E-state index in [1.165, 1.54) is 22.3 Å². The minimum Gasteiger partial charge on any atom is -0.0623 e. The molecule has 0 heteroatoms. The summed E-state index contributed by atoms with van der Waals surface area (Å²) in [6.45, 7) is 8.58. The first-order valence-corrected chi connectivity index (χ1v) is 8.22. The van der Waals surface area contributed by atoms with Gasteiger partial charge in [-0.3, -0.25) is 0 Å². The maximum absolute atomic E-state index is 2.18. The molecule has 0 aliphatic heterocycles. The van der Waals surface area contributed by atoms with Gasteiger partial charge >= 0.3 is 0 Å². The molecule has 0 unspecified atom stereocenters. The van der Waals surface area contributed by atoms with Gasteiger partial charge in [0.2, 0.25) is 0 Å². The van der Waals surface area contributed by atoms with Crippen LogP contribution in [0.15, 0.2) is 84.9 Å². The molecule has 0 nitrogen and oxygen atoms in total. The lowest BCUT2D eigenvalue weighted by atomic mass is 10.1. The Morgan fingerprint density at radius 2 is 0.826 bits per heavy atom. The highest BCUT2D eigenvalue weighted by Crippen LogP contribution is 2.06. The standard InChI is InChI=1S/C9H12.C8H10.C6H6/c1-3-9-7-5-4-6-8(9)2;1-7-5-3-4-6-8(7)2;1-2-4-6-5-3-1/h4-7H,3H2,1-2H3;3-6H,1-2H3;1-6H. The molecule has 3 aromatic carbocycles. The summed E-state index contributed by atoms with van der Waals surface area (Å²) in [5.74, 6) is 0. The Morgan fingerprint density at radius 1 is 0.478 bits per heavy atom. The third kappa shape index (κ3) is 8.01. The van der Waals surface area contributed by atoms with Crippen molar-refractivity contribution in [1.29, 1.82) is 0 Å². The molecule has 0 saturated heterocycles. The normalized spacial score (nSPS) is 9.04. The molecule has 3 rings (SSSR count). The second-order valence-electron chi connectivity index (χ2n) is 5.52. The molecular weight excluding hydrogens is 276 g/mol. The Balaban J connectivity index is 0.000000176. The average Bonchev–Trinajstić information content (AvgIpc) is 2.61. The Morgan fingerprint density at radius 3 is 1.09 bits per heavy atom. The van der Waals surface area contributed by atoms with Crippen molar-refractivity contribution in [3.05, 3.63) is 107 Å². The van der Waals surface area contributed by atoms with Crippen LogP contribution in [-0.4, -0.2) is 0 Å². The Bertz CT molecular complexity index is 606. The zero-order chi connectivity index (χ0) is 16.9. The van der Waals surface area contributed by atoms with Gasteiger partial charge in [-0.1, -0.05) is 91.9 Å². The summed E-state index contributed by atoms with van der Waals surface area (Å²) in [6.07, 6.45) is 1.15. The molecule has 0 spiro atoms. The van der Waals surface area contributed by atoms with Crippen molar-refractivity contribution >= 4 is 0 Å². The van der Waals surface area contributed by atoms with Crippen LogP contribution >= 0.6 is 0 Å². The van der Waals surface area contributed by atoms with Crippen molar-refractivity contribution in [2.45, 2.75) is 34.1 Å². The maximum atomic E-state index is 2.18. The van der Waals surface area contributed by atoms with Gasteiger partial charge in [-0.2, -0.15) is 0 Å². The summed E-state index contributed by atoms with van der Waals surface area (Å²) < 4.78 is 0. The highest BCUT2D eigenvalue weighted by Gasteiger charge is 1.89. The van der Waals surface area contributed by atoms with Gasteiger partial charge in [0.1, 0.15) is 0 Å². The molecule has 0 amide bonds. The zero-order valence-corrected chi connectivity index (χ0v) is 14.8. The predicted octanol–water partition coefficient (Wildman–Crippen LogP) is 6.55. The smallest absolute Gasteiger partial charge is 0.0305 e. The molecule has 0 atom stereocenters. The number of rotatable bonds is 1. The quantitative estimate of drug-likeness (QED) is 0.478. The fourth-order valence-corrected chi connectivity index (χ4v) is 2.05. The van der Waals surface area contributed by atoms with E-state index in [4.69, 9.17) is 0 Å². The van der Waals surface area contributed by atoms with Gasteiger partial charge in [0, 0.05) is 0 Å². The van der Waals surface area contributed by atoms with E-state index in [2.05, 4.69) is 76.2 Å². The van der Waals surface area contributed by atoms with Gasteiger partial charge in [0.25, 0.3) is 0 Å². The molecule has 0 fully saturated rings. The molecule has 0 N–H and O–H groups in total. The van der Waals surface area contributed by atoms with Gasteiger partial charge in [-0.25, -0.2) is 0 Å². The lowest BCUT2D eigenvalue weighted by Gasteiger charge is -1.98. The van der Waals surface area contributed by atoms with Gasteiger partial charge in [0.15, 0.2) is 0 Å². The first-order valence-electron chi connectivity index (χ1n) is 8.22. The summed E-state index contributed by atoms with van der Waals surface area (Å²) in [5.41, 5.74) is 5.59. The lowest BCUT2D eigenvalue weighted by Crippen LogP contribution is -1.82. The Hall–Kier alpha value is -2.34. The number of hydrogen-bond acceptors (Lipinski definition) is 0. The van der Waals surface area contributed by atoms with Crippen LogP contribution in [0.25, 0.3) is 0 Å². The van der Waals surface area contributed by atoms with E-state index in [0.717, 1.165) is 6.42 Å². The third-order valence-electron chi connectivity index (χ3n) is 3.73. The molecule has 0 bridgehead atoms. The Kier molecular flexibility index (Phi) is 9.16. The molecule has 120 valence electrons. The molecule has 0 saturated carbocycles. The molecular formula is C23H28. The minimum absolute atomic E-state index is 1.15. The van der Waals surface area contributed by atoms with Crippen LogP contribution < -0.4 is 0 Å². The topological polar surface area (TPSA) is 0 Å². The number of hydrogen-bond donors (Lipinski definition) is 0. The zero-order valence-electron chi connectivity index (χ0n) is 14.8. The molecule has 0 radical (unpaired) electrons. The van der Waals surface area contributed by atoms with Crippen LogP contribution in [0.3, 0.4) is 0 Å². The highest BCUT2D eigenvalue weighted by molar-refractivity contribution is 5.25. The SMILES string of the molecule is CCc1ccccc1C.Cc1ccccc1C.c1ccccc1. The molecule has 0 aromatic heterocycles. The van der Waals surface area contributed by atoms with Crippen molar-refractivity contribution in [1.82, 2.24) is 0 Å². The van der Waals surface area contributed by atoms with Crippen LogP contribution in [0.1, 0.15) is 29.2 Å². The van der Waals surface area contributed by atoms with E-state index in [1.807, 2.05) is 36.4 Å². The summed E-state index contributed by atoms with van der Waals surface area (Å²) in [5, 5.41) is 0. The lowest BCUT2D eigenvalue weighted by molar-refractivity contribution is 1.11. The van der Waals surface area contributed by atoms with Crippen molar-refractivity contribution in [3.63, 3.8) is 0 Å². The predicted molar refractivity (Wildman–Crippen MR) is 103 cm³/mol. The Labute approximate surface area is 141 Å². The van der Waals surface area contributed by atoms with Crippen molar-refractivity contribution in [3.8, 4) is 0 Å². The summed E-state index contributed by atoms with van der Waals surface area (Å²) in [7, 11) is 0. The van der Waals surface area contributed by atoms with Crippen LogP contribution in [0.5, 0.6) is 0 Å². The molecule has 23 heavy (non-hydrogen) atoms. The van der Waals surface area contributed by atoms with Crippen LogP contribution in [0.4, 0.5) is 0 Å². The van der Waals surface area contributed by atoms with Gasteiger partial charge in [0.05, 0.1) is 0 Å². The molecule has 0 aliphatic carbocycles. The van der Waals surface area contributed by atoms with Crippen LogP contribution in [0.2, 0.25) is 0 Å². The van der Waals surface area contributed by atoms with E-state index in [0.29, 0.717) is 0 Å². The minimum atomic E-state index is 1.15. The monoisotopic (exact) mass is 304 g/mol. The van der Waals surface area contributed by atoms with Gasteiger partial charge in [-0.15, -0.1) is 0 Å². The van der Waals surface area contributed by atoms with Crippen molar-refractivity contribution in [2.75, 3.05) is 0 Å². The van der Waals surface area contributed by atoms with E-state index < -0.39 is 0 Å². The second kappa shape index (κ2) is 11.3. The van der Waals surface area contributed by atoms with Crippen LogP contribution in [0, 0.1) is 20.8 Å². The molecule has 3 aromatic rings. The summed E-state index contributed by atoms with van der Waals surface area (Å²) in [4.78, 5) is 0. The van der Waals surface area contributed by atoms with Gasteiger partial charge in [-0.05, 0) is 49.4 Å². The summed E-state index contributed by atoms with van der Waals surface area (Å²) in [6, 6.07) is 28.9. The fraction of sp³-hybridized carbons (Fsp3) is 0.217. The largest absolute Gasteiger partial charge is 0.0623 e. The van der Waals surface area contributed by atoms with Crippen LogP contribution in [-0.2, 0) is 6.42 Å². The van der Waals surface area contributed by atoms with Crippen molar-refractivity contribution in [2.24, 2.45) is 0 Å². The van der Waals surface area contributed by atoms with Crippen molar-refractivity contribution < 1.29 is 0 Å². The average molecular weight is 304 g/mol. The molecule has 0 aliphatic rings. The number of aryl methyl sites for hydroxylation is 4. The first-order chi connectivity index (χ1) is 11.1. The summed E-state index contributed by atoms with van der Waals surface area (Å²) >= 11 is 0. The second-order valence-corrected chi connectivity index (χ2v) is 5.52. The highest BCUT2D eigenvalue weighted by atomic mass is 13.9. The number of benzene rings is 3. The van der Waals surface area contributed by atoms with Gasteiger partial charge < -0.3 is 0 Å². The van der Waals surface area contributed by atoms with E-state index in [1.54, 1.807) is 0 Å². The first kappa shape index (κ1) is 18.7. The van der Waals surface area contributed by atoms with E-state index in [9.17, 15) is 0 Å². The van der Waals surface area contributed by atoms with E-state index in [-0.39, 0.29) is 0 Å². The third-order valence-corrected chi connectivity index (χ3v) is 3.73. The maximum Gasteiger partial charge on any atom is -0.0305 e.